The number of hydrogen-bond donors (Lipinski definition) is 1. The molecule has 1 aromatic heterocycles. The second-order valence-corrected chi connectivity index (χ2v) is 9.24. The van der Waals surface area contributed by atoms with Gasteiger partial charge in [0.2, 0.25) is 0 Å². The van der Waals surface area contributed by atoms with Gasteiger partial charge in [-0.3, -0.25) is 9.69 Å². The molecule has 2 atom stereocenters. The van der Waals surface area contributed by atoms with Gasteiger partial charge in [0.25, 0.3) is 0 Å². The number of carboxylic acid groups (broad SMARTS) is 1. The minimum absolute atomic E-state index is 0.300. The summed E-state index contributed by atoms with van der Waals surface area (Å²) in [5.74, 6) is -1.48. The third-order valence-electron chi connectivity index (χ3n) is 5.45. The Labute approximate surface area is 193 Å². The Hall–Kier alpha value is -3.42. The van der Waals surface area contributed by atoms with Crippen molar-refractivity contribution in [3.8, 4) is 0 Å². The maximum Gasteiger partial charge on any atom is 0.411 e. The second-order valence-electron chi connectivity index (χ2n) is 9.24. The van der Waals surface area contributed by atoms with Crippen molar-refractivity contribution in [2.45, 2.75) is 64.7 Å². The van der Waals surface area contributed by atoms with E-state index in [1.807, 2.05) is 30.3 Å². The topological polar surface area (TPSA) is 106 Å². The van der Waals surface area contributed by atoms with Crippen LogP contribution in [-0.2, 0) is 19.1 Å². The molecule has 8 nitrogen and oxygen atoms in total. The lowest BCUT2D eigenvalue weighted by Gasteiger charge is -2.33. The van der Waals surface area contributed by atoms with Crippen molar-refractivity contribution in [2.24, 2.45) is 0 Å². The number of aromatic nitrogens is 1. The third-order valence-corrected chi connectivity index (χ3v) is 5.45. The van der Waals surface area contributed by atoms with Gasteiger partial charge in [-0.15, -0.1) is 0 Å². The molecule has 176 valence electrons. The molecular formula is C25H30N2O6. The molecule has 0 bridgehead atoms. The molecule has 1 aromatic carbocycles. The van der Waals surface area contributed by atoms with Gasteiger partial charge in [-0.1, -0.05) is 24.3 Å². The molecule has 2 aromatic rings. The van der Waals surface area contributed by atoms with Crippen LogP contribution in [0, 0.1) is 0 Å². The summed E-state index contributed by atoms with van der Waals surface area (Å²) in [7, 11) is 0. The van der Waals surface area contributed by atoms with Gasteiger partial charge < -0.3 is 14.6 Å². The van der Waals surface area contributed by atoms with Crippen molar-refractivity contribution in [3.05, 3.63) is 47.7 Å². The molecule has 0 aliphatic carbocycles. The minimum Gasteiger partial charge on any atom is -0.479 e. The molecule has 0 saturated carbocycles. The Morgan fingerprint density at radius 2 is 1.91 bits per heavy atom. The van der Waals surface area contributed by atoms with Crippen LogP contribution in [0.4, 0.5) is 4.79 Å². The zero-order valence-electron chi connectivity index (χ0n) is 19.6. The molecule has 3 rings (SSSR count). The van der Waals surface area contributed by atoms with E-state index in [-0.39, 0.29) is 5.97 Å². The van der Waals surface area contributed by atoms with Crippen LogP contribution in [-0.4, -0.2) is 50.7 Å². The van der Waals surface area contributed by atoms with Crippen molar-refractivity contribution in [2.75, 3.05) is 6.54 Å². The molecule has 33 heavy (non-hydrogen) atoms. The van der Waals surface area contributed by atoms with Gasteiger partial charge in [-0.2, -0.15) is 0 Å². The van der Waals surface area contributed by atoms with Crippen LogP contribution in [0.15, 0.2) is 36.4 Å². The first-order chi connectivity index (χ1) is 15.4. The number of carbonyl (C=O) groups excluding carboxylic acids is 2. The van der Waals surface area contributed by atoms with E-state index in [4.69, 9.17) is 9.47 Å². The number of hydrogen-bond acceptors (Lipinski definition) is 6. The third kappa shape index (κ3) is 5.50. The standard InChI is InChI=1S/C25H30N2O6/c1-16(32-17(2)28)20-10-9-19-8-7-18(15-21(19)26-20)11-13-25(22(29)30)12-6-14-27(25)23(31)33-24(3,4)5/h7-11,13,15-16H,6,12,14H2,1-5H3,(H,29,30)/t16-,25+/m1/s1. The molecule has 8 heteroatoms. The zero-order chi connectivity index (χ0) is 24.4. The van der Waals surface area contributed by atoms with E-state index >= 15 is 0 Å². The first kappa shape index (κ1) is 24.2. The van der Waals surface area contributed by atoms with E-state index in [0.29, 0.717) is 30.6 Å². The van der Waals surface area contributed by atoms with Gasteiger partial charge in [0.1, 0.15) is 11.7 Å². The summed E-state index contributed by atoms with van der Waals surface area (Å²) < 4.78 is 10.7. The maximum atomic E-state index is 12.7. The molecule has 0 spiro atoms. The summed E-state index contributed by atoms with van der Waals surface area (Å²) in [6.07, 6.45) is 2.98. The number of nitrogens with zero attached hydrogens (tertiary/aromatic N) is 2. The second kappa shape index (κ2) is 9.21. The fourth-order valence-corrected chi connectivity index (χ4v) is 3.90. The van der Waals surface area contributed by atoms with E-state index in [0.717, 1.165) is 10.9 Å². The Kier molecular flexibility index (Phi) is 6.76. The number of likely N-dealkylation sites (tertiary alicyclic amines) is 1. The van der Waals surface area contributed by atoms with Gasteiger partial charge >= 0.3 is 18.0 Å². The summed E-state index contributed by atoms with van der Waals surface area (Å²) in [6, 6.07) is 9.28. The molecule has 1 fully saturated rings. The highest BCUT2D eigenvalue weighted by molar-refractivity contribution is 5.89. The monoisotopic (exact) mass is 454 g/mol. The van der Waals surface area contributed by atoms with E-state index < -0.39 is 29.3 Å². The van der Waals surface area contributed by atoms with Crippen molar-refractivity contribution in [1.29, 1.82) is 0 Å². The Morgan fingerprint density at radius 3 is 2.55 bits per heavy atom. The number of carbonyl (C=O) groups is 3. The Morgan fingerprint density at radius 1 is 1.21 bits per heavy atom. The van der Waals surface area contributed by atoms with E-state index in [9.17, 15) is 19.5 Å². The average molecular weight is 455 g/mol. The van der Waals surface area contributed by atoms with Crippen LogP contribution in [0.25, 0.3) is 17.0 Å². The fraction of sp³-hybridized carbons (Fsp3) is 0.440. The lowest BCUT2D eigenvalue weighted by molar-refractivity contribution is -0.147. The van der Waals surface area contributed by atoms with Gasteiger partial charge in [0.15, 0.2) is 5.54 Å². The average Bonchev–Trinajstić information content (AvgIpc) is 3.15. The summed E-state index contributed by atoms with van der Waals surface area (Å²) in [6.45, 7) is 8.65. The molecule has 1 N–H and O–H groups in total. The summed E-state index contributed by atoms with van der Waals surface area (Å²) >= 11 is 0. The van der Waals surface area contributed by atoms with Gasteiger partial charge in [-0.25, -0.2) is 14.6 Å². The summed E-state index contributed by atoms with van der Waals surface area (Å²) in [5, 5.41) is 10.9. The highest BCUT2D eigenvalue weighted by Crippen LogP contribution is 2.33. The number of carboxylic acids is 1. The summed E-state index contributed by atoms with van der Waals surface area (Å²) in [5.41, 5.74) is -0.153. The lowest BCUT2D eigenvalue weighted by Crippen LogP contribution is -2.53. The number of pyridine rings is 1. The van der Waals surface area contributed by atoms with E-state index in [2.05, 4.69) is 4.98 Å². The van der Waals surface area contributed by atoms with Crippen molar-refractivity contribution in [3.63, 3.8) is 0 Å². The maximum absolute atomic E-state index is 12.7. The van der Waals surface area contributed by atoms with Crippen molar-refractivity contribution >= 4 is 35.0 Å². The zero-order valence-corrected chi connectivity index (χ0v) is 19.6. The normalized spacial score (nSPS) is 19.6. The highest BCUT2D eigenvalue weighted by Gasteiger charge is 2.49. The molecule has 1 saturated heterocycles. The molecule has 1 aliphatic rings. The number of fused-ring (bicyclic) bond motifs is 1. The number of ether oxygens (including phenoxy) is 2. The van der Waals surface area contributed by atoms with Gasteiger partial charge in [-0.05, 0) is 64.3 Å². The highest BCUT2D eigenvalue weighted by atomic mass is 16.6. The van der Waals surface area contributed by atoms with Crippen LogP contribution in [0.3, 0.4) is 0 Å². The number of amides is 1. The molecule has 2 heterocycles. The number of esters is 1. The smallest absolute Gasteiger partial charge is 0.411 e. The molecule has 0 radical (unpaired) electrons. The first-order valence-electron chi connectivity index (χ1n) is 10.9. The van der Waals surface area contributed by atoms with Gasteiger partial charge in [0.05, 0.1) is 11.2 Å². The molecule has 1 amide bonds. The van der Waals surface area contributed by atoms with E-state index in [1.165, 1.54) is 11.8 Å². The number of benzene rings is 1. The largest absolute Gasteiger partial charge is 0.479 e. The molecule has 1 aliphatic heterocycles. The predicted octanol–water partition coefficient (Wildman–Crippen LogP) is 4.73. The Balaban J connectivity index is 1.92. The fourth-order valence-electron chi connectivity index (χ4n) is 3.90. The quantitative estimate of drug-likeness (QED) is 0.651. The molecule has 0 unspecified atom stereocenters. The van der Waals surface area contributed by atoms with Gasteiger partial charge in [0, 0.05) is 18.9 Å². The summed E-state index contributed by atoms with van der Waals surface area (Å²) in [4.78, 5) is 42.1. The minimum atomic E-state index is -1.48. The van der Waals surface area contributed by atoms with E-state index in [1.54, 1.807) is 39.8 Å². The number of rotatable bonds is 5. The molecular weight excluding hydrogens is 424 g/mol. The first-order valence-corrected chi connectivity index (χ1v) is 10.9. The van der Waals surface area contributed by atoms with Crippen LogP contribution in [0.2, 0.25) is 0 Å². The SMILES string of the molecule is CC(=O)O[C@H](C)c1ccc2ccc(C=C[C@]3(C(=O)O)CCCN3C(=O)OC(C)(C)C)cc2n1. The van der Waals surface area contributed by atoms with Crippen LogP contribution in [0.5, 0.6) is 0 Å². The lowest BCUT2D eigenvalue weighted by atomic mass is 9.94. The number of aliphatic carboxylic acids is 1. The van der Waals surface area contributed by atoms with Crippen molar-refractivity contribution in [1.82, 2.24) is 9.88 Å². The Bertz CT molecular complexity index is 1100. The van der Waals surface area contributed by atoms with Crippen molar-refractivity contribution < 1.29 is 29.0 Å². The van der Waals surface area contributed by atoms with Crippen LogP contribution >= 0.6 is 0 Å². The van der Waals surface area contributed by atoms with Crippen LogP contribution < -0.4 is 0 Å². The van der Waals surface area contributed by atoms with Crippen LogP contribution in [0.1, 0.15) is 64.8 Å². The predicted molar refractivity (Wildman–Crippen MR) is 123 cm³/mol.